The first-order valence-electron chi connectivity index (χ1n) is 9.40. The average Bonchev–Trinajstić information content (AvgIpc) is 2.66. The minimum Gasteiger partial charge on any atom is -0.497 e. The lowest BCUT2D eigenvalue weighted by atomic mass is 9.89. The van der Waals surface area contributed by atoms with Crippen LogP contribution in [-0.4, -0.2) is 44.9 Å². The lowest BCUT2D eigenvalue weighted by Crippen LogP contribution is -2.44. The normalized spacial score (nSPS) is 17.7. The Labute approximate surface area is 182 Å². The maximum absolute atomic E-state index is 12.7. The molecule has 0 saturated heterocycles. The van der Waals surface area contributed by atoms with E-state index in [0.717, 1.165) is 9.87 Å². The summed E-state index contributed by atoms with van der Waals surface area (Å²) in [5.41, 5.74) is 0.324. The fourth-order valence-electron chi connectivity index (χ4n) is 3.40. The Balaban J connectivity index is 1.75. The number of sulfonamides is 1. The Morgan fingerprint density at radius 2 is 1.93 bits per heavy atom. The fourth-order valence-corrected chi connectivity index (χ4v) is 4.65. The van der Waals surface area contributed by atoms with Gasteiger partial charge in [-0.3, -0.25) is 4.79 Å². The summed E-state index contributed by atoms with van der Waals surface area (Å²) in [4.78, 5) is 12.8. The zero-order chi connectivity index (χ0) is 22.1. The van der Waals surface area contributed by atoms with Gasteiger partial charge in [-0.2, -0.15) is 4.31 Å². The number of nitrogens with zero attached hydrogens (tertiary/aromatic N) is 1. The summed E-state index contributed by atoms with van der Waals surface area (Å²) in [6, 6.07) is 10.9. The van der Waals surface area contributed by atoms with Crippen molar-refractivity contribution >= 4 is 27.5 Å². The molecule has 9 heteroatoms. The number of fused-ring (bicyclic) bond motifs is 1. The fraction of sp³-hybridized carbons (Fsp3) is 0.381. The highest BCUT2D eigenvalue weighted by Crippen LogP contribution is 2.41. The maximum Gasteiger partial charge on any atom is 0.243 e. The van der Waals surface area contributed by atoms with E-state index >= 15 is 0 Å². The molecule has 7 nitrogen and oxygen atoms in total. The van der Waals surface area contributed by atoms with E-state index in [4.69, 9.17) is 21.1 Å². The van der Waals surface area contributed by atoms with Gasteiger partial charge < -0.3 is 14.8 Å². The number of halogens is 1. The van der Waals surface area contributed by atoms with Gasteiger partial charge in [0.2, 0.25) is 15.9 Å². The quantitative estimate of drug-likeness (QED) is 0.726. The predicted octanol–water partition coefficient (Wildman–Crippen LogP) is 3.39. The van der Waals surface area contributed by atoms with Crippen LogP contribution in [0.5, 0.6) is 11.5 Å². The molecule has 0 radical (unpaired) electrons. The molecule has 0 fully saturated rings. The molecule has 0 saturated carbocycles. The molecule has 162 valence electrons. The molecule has 30 heavy (non-hydrogen) atoms. The molecule has 0 bridgehead atoms. The second-order valence-electron chi connectivity index (χ2n) is 7.80. The van der Waals surface area contributed by atoms with Gasteiger partial charge in [0, 0.05) is 30.1 Å². The Kier molecular flexibility index (Phi) is 6.31. The van der Waals surface area contributed by atoms with Gasteiger partial charge in [-0.25, -0.2) is 8.42 Å². The summed E-state index contributed by atoms with van der Waals surface area (Å²) < 4.78 is 37.7. The molecule has 1 N–H and O–H groups in total. The summed E-state index contributed by atoms with van der Waals surface area (Å²) in [5.74, 6) is 0.892. The number of likely N-dealkylation sites (N-methyl/N-ethyl adjacent to an activating group) is 1. The maximum atomic E-state index is 12.7. The van der Waals surface area contributed by atoms with Gasteiger partial charge in [0.1, 0.15) is 17.1 Å². The van der Waals surface area contributed by atoms with Crippen LogP contribution in [0.1, 0.15) is 31.9 Å². The van der Waals surface area contributed by atoms with Gasteiger partial charge >= 0.3 is 0 Å². The average molecular weight is 453 g/mol. The third-order valence-corrected chi connectivity index (χ3v) is 6.97. The first-order valence-corrected chi connectivity index (χ1v) is 11.2. The lowest BCUT2D eigenvalue weighted by molar-refractivity contribution is -0.122. The molecule has 0 aliphatic carbocycles. The van der Waals surface area contributed by atoms with Crippen molar-refractivity contribution in [3.63, 3.8) is 0 Å². The Hall–Kier alpha value is -2.29. The van der Waals surface area contributed by atoms with Crippen molar-refractivity contribution in [1.29, 1.82) is 0 Å². The molecule has 1 unspecified atom stereocenters. The number of carbonyl (C=O) groups is 1. The smallest absolute Gasteiger partial charge is 0.243 e. The minimum absolute atomic E-state index is 0.0758. The summed E-state index contributed by atoms with van der Waals surface area (Å²) in [6.45, 7) is 3.56. The second-order valence-corrected chi connectivity index (χ2v) is 10.3. The molecule has 2 aromatic carbocycles. The monoisotopic (exact) mass is 452 g/mol. The molecule has 1 aliphatic rings. The van der Waals surface area contributed by atoms with Crippen molar-refractivity contribution in [3.8, 4) is 11.5 Å². The van der Waals surface area contributed by atoms with Crippen molar-refractivity contribution in [2.75, 3.05) is 20.7 Å². The minimum atomic E-state index is -3.81. The van der Waals surface area contributed by atoms with Crippen molar-refractivity contribution < 1.29 is 22.7 Å². The number of rotatable bonds is 6. The van der Waals surface area contributed by atoms with Crippen LogP contribution in [0.2, 0.25) is 5.02 Å². The highest BCUT2D eigenvalue weighted by atomic mass is 35.5. The summed E-state index contributed by atoms with van der Waals surface area (Å²) in [5, 5.41) is 3.38. The zero-order valence-corrected chi connectivity index (χ0v) is 18.9. The van der Waals surface area contributed by atoms with E-state index < -0.39 is 21.5 Å². The number of ether oxygens (including phenoxy) is 2. The standard InChI is InChI=1S/C21H25ClN2O5S/c1-21(2)12-18(17-10-7-15(28-4)11-19(17)29-21)23-20(25)13-24(3)30(26,27)16-8-5-14(22)6-9-16/h5-11,18H,12-13H2,1-4H3,(H,23,25). The van der Waals surface area contributed by atoms with Crippen LogP contribution in [0.4, 0.5) is 0 Å². The Morgan fingerprint density at radius 3 is 2.57 bits per heavy atom. The van der Waals surface area contributed by atoms with Crippen molar-refractivity contribution in [2.24, 2.45) is 0 Å². The van der Waals surface area contributed by atoms with E-state index in [2.05, 4.69) is 5.32 Å². The van der Waals surface area contributed by atoms with E-state index in [-0.39, 0.29) is 17.5 Å². The van der Waals surface area contributed by atoms with Crippen LogP contribution in [0.25, 0.3) is 0 Å². The van der Waals surface area contributed by atoms with E-state index in [1.165, 1.54) is 31.3 Å². The number of benzene rings is 2. The van der Waals surface area contributed by atoms with Crippen LogP contribution in [0.15, 0.2) is 47.4 Å². The molecular weight excluding hydrogens is 428 g/mol. The molecular formula is C21H25ClN2O5S. The summed E-state index contributed by atoms with van der Waals surface area (Å²) in [6.07, 6.45) is 0.547. The number of carbonyl (C=O) groups excluding carboxylic acids is 1. The SMILES string of the molecule is COc1ccc2c(c1)OC(C)(C)CC2NC(=O)CN(C)S(=O)(=O)c1ccc(Cl)cc1. The molecule has 1 atom stereocenters. The molecule has 1 aliphatic heterocycles. The number of nitrogens with one attached hydrogen (secondary N) is 1. The highest BCUT2D eigenvalue weighted by Gasteiger charge is 2.35. The third kappa shape index (κ3) is 4.88. The lowest BCUT2D eigenvalue weighted by Gasteiger charge is -2.38. The van der Waals surface area contributed by atoms with Crippen LogP contribution in [0.3, 0.4) is 0 Å². The van der Waals surface area contributed by atoms with E-state index in [1.807, 2.05) is 19.9 Å². The number of hydrogen-bond donors (Lipinski definition) is 1. The van der Waals surface area contributed by atoms with Crippen LogP contribution in [-0.2, 0) is 14.8 Å². The molecule has 3 rings (SSSR count). The summed E-state index contributed by atoms with van der Waals surface area (Å²) >= 11 is 5.83. The first kappa shape index (κ1) is 22.4. The van der Waals surface area contributed by atoms with Gasteiger partial charge in [-0.15, -0.1) is 0 Å². The Morgan fingerprint density at radius 1 is 1.27 bits per heavy atom. The van der Waals surface area contributed by atoms with Gasteiger partial charge in [-0.1, -0.05) is 11.6 Å². The van der Waals surface area contributed by atoms with Crippen molar-refractivity contribution in [2.45, 2.75) is 36.8 Å². The first-order chi connectivity index (χ1) is 14.0. The molecule has 1 heterocycles. The van der Waals surface area contributed by atoms with Gasteiger partial charge in [0.05, 0.1) is 24.6 Å². The third-order valence-electron chi connectivity index (χ3n) is 4.90. The largest absolute Gasteiger partial charge is 0.497 e. The zero-order valence-electron chi connectivity index (χ0n) is 17.3. The predicted molar refractivity (Wildman–Crippen MR) is 114 cm³/mol. The van der Waals surface area contributed by atoms with Gasteiger partial charge in [-0.05, 0) is 50.2 Å². The molecule has 1 amide bonds. The van der Waals surface area contributed by atoms with Crippen molar-refractivity contribution in [3.05, 3.63) is 53.1 Å². The highest BCUT2D eigenvalue weighted by molar-refractivity contribution is 7.89. The molecule has 0 aromatic heterocycles. The molecule has 0 spiro atoms. The van der Waals surface area contributed by atoms with Crippen LogP contribution in [0, 0.1) is 0 Å². The Bertz CT molecular complexity index is 1040. The molecule has 2 aromatic rings. The van der Waals surface area contributed by atoms with Crippen molar-refractivity contribution in [1.82, 2.24) is 9.62 Å². The number of hydrogen-bond acceptors (Lipinski definition) is 5. The van der Waals surface area contributed by atoms with E-state index in [1.54, 1.807) is 19.2 Å². The van der Waals surface area contributed by atoms with Crippen LogP contribution >= 0.6 is 11.6 Å². The second kappa shape index (κ2) is 8.45. The topological polar surface area (TPSA) is 84.9 Å². The van der Waals surface area contributed by atoms with Crippen LogP contribution < -0.4 is 14.8 Å². The van der Waals surface area contributed by atoms with Gasteiger partial charge in [0.25, 0.3) is 0 Å². The van der Waals surface area contributed by atoms with E-state index in [0.29, 0.717) is 22.9 Å². The van der Waals surface area contributed by atoms with E-state index in [9.17, 15) is 13.2 Å². The summed E-state index contributed by atoms with van der Waals surface area (Å²) in [7, 11) is -0.865. The number of methoxy groups -OCH3 is 1. The number of amides is 1. The van der Waals surface area contributed by atoms with Gasteiger partial charge in [0.15, 0.2) is 0 Å².